The lowest BCUT2D eigenvalue weighted by molar-refractivity contribution is -0.136. The maximum atomic E-state index is 9.78. The summed E-state index contributed by atoms with van der Waals surface area (Å²) in [5.41, 5.74) is 0. The molecule has 0 spiro atoms. The van der Waals surface area contributed by atoms with E-state index >= 15 is 0 Å². The van der Waals surface area contributed by atoms with E-state index in [4.69, 9.17) is 10.2 Å². The SMILES string of the molecule is O=C(O)CNCOCO.[HH]. The van der Waals surface area contributed by atoms with Gasteiger partial charge < -0.3 is 14.9 Å². The molecule has 0 aliphatic rings. The molecule has 0 aliphatic carbocycles. The monoisotopic (exact) mass is 137 g/mol. The third kappa shape index (κ3) is 7.35. The van der Waals surface area contributed by atoms with E-state index in [1.807, 2.05) is 0 Å². The molecule has 56 valence electrons. The van der Waals surface area contributed by atoms with Crippen molar-refractivity contribution in [3.8, 4) is 0 Å². The summed E-state index contributed by atoms with van der Waals surface area (Å²) in [7, 11) is 0. The van der Waals surface area contributed by atoms with Crippen LogP contribution in [0.4, 0.5) is 0 Å². The minimum Gasteiger partial charge on any atom is -0.480 e. The highest BCUT2D eigenvalue weighted by atomic mass is 16.6. The fraction of sp³-hybridized carbons (Fsp3) is 0.750. The molecule has 0 bridgehead atoms. The van der Waals surface area contributed by atoms with Crippen LogP contribution < -0.4 is 5.32 Å². The van der Waals surface area contributed by atoms with E-state index in [1.165, 1.54) is 0 Å². The van der Waals surface area contributed by atoms with Crippen molar-refractivity contribution in [3.05, 3.63) is 0 Å². The largest absolute Gasteiger partial charge is 0.480 e. The molecule has 0 aliphatic heterocycles. The van der Waals surface area contributed by atoms with Crippen molar-refractivity contribution in [1.82, 2.24) is 5.32 Å². The van der Waals surface area contributed by atoms with E-state index in [0.29, 0.717) is 0 Å². The Morgan fingerprint density at radius 2 is 2.44 bits per heavy atom. The number of rotatable bonds is 5. The molecule has 0 fully saturated rings. The van der Waals surface area contributed by atoms with Crippen molar-refractivity contribution in [2.45, 2.75) is 0 Å². The van der Waals surface area contributed by atoms with Crippen LogP contribution in [0.2, 0.25) is 0 Å². The smallest absolute Gasteiger partial charge is 0.317 e. The first-order valence-corrected chi connectivity index (χ1v) is 2.38. The summed E-state index contributed by atoms with van der Waals surface area (Å²) < 4.78 is 4.36. The number of aliphatic hydroxyl groups excluding tert-OH is 1. The molecule has 5 nitrogen and oxygen atoms in total. The molecule has 0 rings (SSSR count). The zero-order valence-corrected chi connectivity index (χ0v) is 4.83. The Balaban J connectivity index is 0. The van der Waals surface area contributed by atoms with Crippen LogP contribution in [0, 0.1) is 0 Å². The Morgan fingerprint density at radius 1 is 1.78 bits per heavy atom. The number of aliphatic carboxylic acids is 1. The highest BCUT2D eigenvalue weighted by molar-refractivity contribution is 5.68. The normalized spacial score (nSPS) is 9.44. The zero-order chi connectivity index (χ0) is 7.11. The van der Waals surface area contributed by atoms with Gasteiger partial charge in [-0.1, -0.05) is 0 Å². The standard InChI is InChI=1S/C4H9NO4.H2/c6-3-9-2-5-1-4(7)8;/h5-6H,1-3H2,(H,7,8);1H. The van der Waals surface area contributed by atoms with Gasteiger partial charge in [-0.05, 0) is 0 Å². The lowest BCUT2D eigenvalue weighted by Crippen LogP contribution is -2.25. The fourth-order valence-electron chi connectivity index (χ4n) is 0.276. The van der Waals surface area contributed by atoms with Gasteiger partial charge in [0.25, 0.3) is 0 Å². The predicted molar refractivity (Wildman–Crippen MR) is 30.8 cm³/mol. The number of hydrogen-bond acceptors (Lipinski definition) is 4. The summed E-state index contributed by atoms with van der Waals surface area (Å²) in [6.45, 7) is -0.491. The van der Waals surface area contributed by atoms with E-state index < -0.39 is 12.8 Å². The molecule has 0 amide bonds. The highest BCUT2D eigenvalue weighted by Gasteiger charge is 1.92. The zero-order valence-electron chi connectivity index (χ0n) is 4.83. The van der Waals surface area contributed by atoms with Crippen molar-refractivity contribution in [2.75, 3.05) is 20.1 Å². The molecule has 0 saturated carbocycles. The second kappa shape index (κ2) is 5.49. The molecule has 0 heterocycles. The van der Waals surface area contributed by atoms with Gasteiger partial charge in [-0.3, -0.25) is 10.1 Å². The van der Waals surface area contributed by atoms with Crippen LogP contribution in [-0.2, 0) is 9.53 Å². The van der Waals surface area contributed by atoms with Gasteiger partial charge in [-0.2, -0.15) is 0 Å². The molecular weight excluding hydrogens is 126 g/mol. The molecule has 0 saturated heterocycles. The minimum atomic E-state index is -0.948. The van der Waals surface area contributed by atoms with Gasteiger partial charge in [0, 0.05) is 1.43 Å². The Morgan fingerprint density at radius 3 is 2.89 bits per heavy atom. The third-order valence-corrected chi connectivity index (χ3v) is 0.572. The van der Waals surface area contributed by atoms with E-state index in [0.717, 1.165) is 0 Å². The topological polar surface area (TPSA) is 78.8 Å². The summed E-state index contributed by atoms with van der Waals surface area (Å²) in [4.78, 5) is 9.78. The van der Waals surface area contributed by atoms with Gasteiger partial charge in [0.05, 0.1) is 13.3 Å². The highest BCUT2D eigenvalue weighted by Crippen LogP contribution is 1.64. The molecule has 0 aromatic heterocycles. The average Bonchev–Trinajstić information content (AvgIpc) is 1.80. The summed E-state index contributed by atoms with van der Waals surface area (Å²) in [6, 6.07) is 0. The van der Waals surface area contributed by atoms with Crippen molar-refractivity contribution < 1.29 is 21.2 Å². The summed E-state index contributed by atoms with van der Waals surface area (Å²) in [5, 5.41) is 18.5. The second-order valence-corrected chi connectivity index (χ2v) is 1.30. The van der Waals surface area contributed by atoms with Crippen LogP contribution in [0.25, 0.3) is 0 Å². The van der Waals surface area contributed by atoms with Crippen molar-refractivity contribution in [2.24, 2.45) is 0 Å². The van der Waals surface area contributed by atoms with Gasteiger partial charge in [-0.25, -0.2) is 0 Å². The van der Waals surface area contributed by atoms with Crippen molar-refractivity contribution in [1.29, 1.82) is 0 Å². The van der Waals surface area contributed by atoms with Crippen LogP contribution in [0.3, 0.4) is 0 Å². The number of hydrogen-bond donors (Lipinski definition) is 3. The Labute approximate surface area is 53.7 Å². The predicted octanol–water partition coefficient (Wildman–Crippen LogP) is -1.17. The second-order valence-electron chi connectivity index (χ2n) is 1.30. The number of carboxylic acid groups (broad SMARTS) is 1. The minimum absolute atomic E-state index is 0. The van der Waals surface area contributed by atoms with Crippen LogP contribution in [-0.4, -0.2) is 36.3 Å². The van der Waals surface area contributed by atoms with Crippen molar-refractivity contribution in [3.63, 3.8) is 0 Å². The average molecular weight is 137 g/mol. The molecule has 0 unspecified atom stereocenters. The molecule has 0 atom stereocenters. The summed E-state index contributed by atoms with van der Waals surface area (Å²) >= 11 is 0. The molecule has 5 heteroatoms. The molecule has 0 radical (unpaired) electrons. The van der Waals surface area contributed by atoms with Gasteiger partial charge in [0.15, 0.2) is 0 Å². The van der Waals surface area contributed by atoms with Gasteiger partial charge in [-0.15, -0.1) is 0 Å². The molecular formula is C4H11NO4. The number of ether oxygens (including phenoxy) is 1. The van der Waals surface area contributed by atoms with Crippen LogP contribution >= 0.6 is 0 Å². The van der Waals surface area contributed by atoms with Gasteiger partial charge in [0.1, 0.15) is 6.79 Å². The summed E-state index contributed by atoms with van der Waals surface area (Å²) in [5.74, 6) is -0.948. The Bertz CT molecular complexity index is 89.3. The Kier molecular flexibility index (Phi) is 5.09. The lowest BCUT2D eigenvalue weighted by Gasteiger charge is -1.98. The number of carbonyl (C=O) groups is 1. The first kappa shape index (κ1) is 8.35. The maximum absolute atomic E-state index is 9.78. The molecule has 3 N–H and O–H groups in total. The van der Waals surface area contributed by atoms with Gasteiger partial charge >= 0.3 is 5.97 Å². The fourth-order valence-corrected chi connectivity index (χ4v) is 0.276. The van der Waals surface area contributed by atoms with Crippen LogP contribution in [0.1, 0.15) is 1.43 Å². The van der Waals surface area contributed by atoms with E-state index in [9.17, 15) is 4.79 Å². The summed E-state index contributed by atoms with van der Waals surface area (Å²) in [6.07, 6.45) is 0. The number of nitrogens with one attached hydrogen (secondary N) is 1. The maximum Gasteiger partial charge on any atom is 0.317 e. The van der Waals surface area contributed by atoms with E-state index in [1.54, 1.807) is 0 Å². The third-order valence-electron chi connectivity index (χ3n) is 0.572. The molecule has 9 heavy (non-hydrogen) atoms. The van der Waals surface area contributed by atoms with Crippen molar-refractivity contribution >= 4 is 5.97 Å². The quantitative estimate of drug-likeness (QED) is 0.329. The Hall–Kier alpha value is -0.650. The lowest BCUT2D eigenvalue weighted by atomic mass is 10.7. The number of carboxylic acids is 1. The number of aliphatic hydroxyl groups is 1. The first-order valence-electron chi connectivity index (χ1n) is 2.38. The van der Waals surface area contributed by atoms with Crippen LogP contribution in [0.15, 0.2) is 0 Å². The van der Waals surface area contributed by atoms with Gasteiger partial charge in [0.2, 0.25) is 0 Å². The van der Waals surface area contributed by atoms with E-state index in [2.05, 4.69) is 10.1 Å². The first-order chi connectivity index (χ1) is 4.27. The molecule has 0 aromatic carbocycles. The molecule has 0 aromatic rings. The van der Waals surface area contributed by atoms with E-state index in [-0.39, 0.29) is 14.7 Å². The van der Waals surface area contributed by atoms with Crippen LogP contribution in [0.5, 0.6) is 0 Å².